The predicted octanol–water partition coefficient (Wildman–Crippen LogP) is 7.22. The predicted molar refractivity (Wildman–Crippen MR) is 159 cm³/mol. The van der Waals surface area contributed by atoms with E-state index in [0.29, 0.717) is 31.9 Å². The van der Waals surface area contributed by atoms with Crippen LogP contribution in [0.15, 0.2) is 66.7 Å². The number of hydrogen-bond acceptors (Lipinski definition) is 6. The number of amides is 1. The summed E-state index contributed by atoms with van der Waals surface area (Å²) in [5.74, 6) is -0.250. The molecule has 37 heavy (non-hydrogen) atoms. The molecule has 8 heteroatoms. The Bertz CT molecular complexity index is 1370. The Labute approximate surface area is 228 Å². The fraction of sp³-hybridized carbons (Fsp3) is 0.276. The lowest BCUT2D eigenvalue weighted by molar-refractivity contribution is -0.117. The zero-order valence-electron chi connectivity index (χ0n) is 22.0. The molecule has 3 rings (SSSR count). The Hall–Kier alpha value is -2.57. The van der Waals surface area contributed by atoms with Gasteiger partial charge in [0.2, 0.25) is 5.91 Å². The van der Waals surface area contributed by atoms with Gasteiger partial charge >= 0.3 is 7.37 Å². The summed E-state index contributed by atoms with van der Waals surface area (Å²) >= 11 is 6.89. The van der Waals surface area contributed by atoms with Crippen molar-refractivity contribution in [3.63, 3.8) is 0 Å². The maximum absolute atomic E-state index is 14.0. The molecule has 1 N–H and O–H groups in total. The van der Waals surface area contributed by atoms with Crippen molar-refractivity contribution in [3.05, 3.63) is 94.5 Å². The quantitative estimate of drug-likeness (QED) is 0.223. The second-order valence-electron chi connectivity index (χ2n) is 9.22. The zero-order valence-corrected chi connectivity index (χ0v) is 24.5. The maximum atomic E-state index is 14.0. The first-order valence-corrected chi connectivity index (χ1v) is 14.8. The van der Waals surface area contributed by atoms with Crippen LogP contribution < -0.4 is 10.6 Å². The van der Waals surface area contributed by atoms with Crippen LogP contribution in [0, 0.1) is 20.8 Å². The van der Waals surface area contributed by atoms with Crippen molar-refractivity contribution in [1.82, 2.24) is 0 Å². The van der Waals surface area contributed by atoms with E-state index in [0.717, 1.165) is 11.1 Å². The van der Waals surface area contributed by atoms with Crippen molar-refractivity contribution in [3.8, 4) is 0 Å². The molecule has 0 radical (unpaired) electrons. The molecule has 5 nitrogen and oxygen atoms in total. The van der Waals surface area contributed by atoms with Crippen molar-refractivity contribution in [2.45, 2.75) is 46.3 Å². The Morgan fingerprint density at radius 3 is 2.11 bits per heavy atom. The van der Waals surface area contributed by atoms with Crippen LogP contribution in [0.4, 0.5) is 5.69 Å². The molecule has 0 saturated heterocycles. The van der Waals surface area contributed by atoms with Crippen molar-refractivity contribution in [2.75, 3.05) is 11.9 Å². The molecular weight excluding hydrogens is 521 g/mol. The van der Waals surface area contributed by atoms with Crippen molar-refractivity contribution < 1.29 is 18.7 Å². The fourth-order valence-electron chi connectivity index (χ4n) is 4.09. The Morgan fingerprint density at radius 1 is 0.973 bits per heavy atom. The summed E-state index contributed by atoms with van der Waals surface area (Å²) in [6.07, 6.45) is 0. The summed E-state index contributed by atoms with van der Waals surface area (Å²) in [6, 6.07) is 19.9. The summed E-state index contributed by atoms with van der Waals surface area (Å²) in [4.78, 5) is 27.3. The summed E-state index contributed by atoms with van der Waals surface area (Å²) in [5.41, 5.74) is 3.15. The Balaban J connectivity index is 1.97. The minimum atomic E-state index is -3.87. The number of aryl methyl sites for hydroxylation is 2. The third-order valence-electron chi connectivity index (χ3n) is 6.00. The number of carbonyl (C=O) groups excluding carboxylic acids is 2. The lowest BCUT2D eigenvalue weighted by Crippen LogP contribution is -2.35. The average Bonchev–Trinajstić information content (AvgIpc) is 2.87. The summed E-state index contributed by atoms with van der Waals surface area (Å²) < 4.78 is 19.3. The van der Waals surface area contributed by atoms with E-state index in [1.165, 1.54) is 11.8 Å². The number of thioether (sulfide) groups is 1. The van der Waals surface area contributed by atoms with E-state index < -0.39 is 17.6 Å². The van der Waals surface area contributed by atoms with Gasteiger partial charge in [-0.15, -0.1) is 0 Å². The molecule has 0 fully saturated rings. The molecule has 194 valence electrons. The van der Waals surface area contributed by atoms with Crippen LogP contribution in [0.3, 0.4) is 0 Å². The molecule has 3 aromatic rings. The highest BCUT2D eigenvalue weighted by atomic mass is 32.2. The van der Waals surface area contributed by atoms with E-state index in [-0.39, 0.29) is 12.5 Å². The highest BCUT2D eigenvalue weighted by Crippen LogP contribution is 2.50. The van der Waals surface area contributed by atoms with Gasteiger partial charge in [-0.05, 0) is 75.9 Å². The number of anilines is 1. The van der Waals surface area contributed by atoms with Gasteiger partial charge in [-0.25, -0.2) is 0 Å². The number of hydrogen-bond donors (Lipinski definition) is 1. The normalized spacial score (nSPS) is 13.0. The van der Waals surface area contributed by atoms with E-state index in [2.05, 4.69) is 5.32 Å². The SMILES string of the molecule is CCOP(=O)(C(=O)c1c(C)cc(C)c(NC(=O)C(C)(C)SC(=S)c2ccccc2)c1C)c1ccccc1. The summed E-state index contributed by atoms with van der Waals surface area (Å²) in [7, 11) is -3.87. The number of nitrogens with one attached hydrogen (secondary N) is 1. The van der Waals surface area contributed by atoms with Crippen LogP contribution in [0.2, 0.25) is 0 Å². The van der Waals surface area contributed by atoms with Crippen LogP contribution in [-0.4, -0.2) is 27.0 Å². The first-order chi connectivity index (χ1) is 17.4. The molecule has 1 unspecified atom stereocenters. The molecular formula is C29H32NO4PS2. The number of thiocarbonyl (C=S) groups is 1. The van der Waals surface area contributed by atoms with Gasteiger partial charge in [0.15, 0.2) is 0 Å². The zero-order chi connectivity index (χ0) is 27.4. The molecule has 3 aromatic carbocycles. The van der Waals surface area contributed by atoms with E-state index in [1.807, 2.05) is 57.2 Å². The lowest BCUT2D eigenvalue weighted by Gasteiger charge is -2.26. The monoisotopic (exact) mass is 553 g/mol. The van der Waals surface area contributed by atoms with Gasteiger partial charge in [-0.1, -0.05) is 78.6 Å². The Kier molecular flexibility index (Phi) is 9.30. The Morgan fingerprint density at radius 2 is 1.54 bits per heavy atom. The van der Waals surface area contributed by atoms with Crippen LogP contribution in [0.25, 0.3) is 0 Å². The molecule has 0 spiro atoms. The third kappa shape index (κ3) is 6.29. The van der Waals surface area contributed by atoms with E-state index in [4.69, 9.17) is 16.7 Å². The molecule has 1 amide bonds. The molecule has 0 aliphatic carbocycles. The minimum Gasteiger partial charge on any atom is -0.324 e. The standard InChI is InChI=1S/C29H32NO4PS2/c1-7-34-35(33,23-16-12-9-13-17-23)26(31)24-19(2)18-20(3)25(21(24)4)30-28(32)29(5,6)37-27(36)22-14-10-8-11-15-22/h8-18H,7H2,1-6H3,(H,30,32). The van der Waals surface area contributed by atoms with E-state index >= 15 is 0 Å². The van der Waals surface area contributed by atoms with E-state index in [1.54, 1.807) is 51.1 Å². The minimum absolute atomic E-state index is 0.123. The van der Waals surface area contributed by atoms with Crippen molar-refractivity contribution in [2.24, 2.45) is 0 Å². The van der Waals surface area contributed by atoms with Crippen molar-refractivity contribution in [1.29, 1.82) is 0 Å². The molecule has 0 aliphatic heterocycles. The number of carbonyl (C=O) groups is 2. The molecule has 0 aliphatic rings. The van der Waals surface area contributed by atoms with Crippen LogP contribution in [0.1, 0.15) is 53.4 Å². The topological polar surface area (TPSA) is 72.5 Å². The van der Waals surface area contributed by atoms with Crippen LogP contribution in [-0.2, 0) is 13.9 Å². The van der Waals surface area contributed by atoms with Crippen LogP contribution in [0.5, 0.6) is 0 Å². The number of benzene rings is 3. The molecule has 0 bridgehead atoms. The highest BCUT2D eigenvalue weighted by molar-refractivity contribution is 8.25. The summed E-state index contributed by atoms with van der Waals surface area (Å²) in [5, 5.41) is 3.37. The van der Waals surface area contributed by atoms with Gasteiger partial charge in [0, 0.05) is 16.6 Å². The first kappa shape index (κ1) is 29.0. The molecule has 0 aromatic heterocycles. The van der Waals surface area contributed by atoms with Gasteiger partial charge in [0.05, 0.1) is 15.6 Å². The van der Waals surface area contributed by atoms with Crippen LogP contribution >= 0.6 is 31.3 Å². The third-order valence-corrected chi connectivity index (χ3v) is 9.96. The second kappa shape index (κ2) is 11.9. The number of rotatable bonds is 9. The lowest BCUT2D eigenvalue weighted by atomic mass is 9.97. The van der Waals surface area contributed by atoms with E-state index in [9.17, 15) is 14.2 Å². The maximum Gasteiger partial charge on any atom is 0.300 e. The largest absolute Gasteiger partial charge is 0.324 e. The highest BCUT2D eigenvalue weighted by Gasteiger charge is 2.38. The molecule has 0 saturated carbocycles. The average molecular weight is 554 g/mol. The van der Waals surface area contributed by atoms with Gasteiger partial charge in [0.25, 0.3) is 5.52 Å². The molecule has 0 heterocycles. The second-order valence-corrected chi connectivity index (χ2v) is 13.8. The van der Waals surface area contributed by atoms with Gasteiger partial charge < -0.3 is 9.84 Å². The smallest absolute Gasteiger partial charge is 0.300 e. The van der Waals surface area contributed by atoms with Crippen molar-refractivity contribution >= 4 is 58.0 Å². The van der Waals surface area contributed by atoms with Gasteiger partial charge in [-0.2, -0.15) is 0 Å². The summed E-state index contributed by atoms with van der Waals surface area (Å²) in [6.45, 7) is 10.9. The first-order valence-electron chi connectivity index (χ1n) is 12.0. The van der Waals surface area contributed by atoms with Gasteiger partial charge in [0.1, 0.15) is 0 Å². The van der Waals surface area contributed by atoms with Gasteiger partial charge in [-0.3, -0.25) is 14.2 Å². The fourth-order valence-corrected chi connectivity index (χ4v) is 7.78. The molecule has 1 atom stereocenters.